The standard InChI is InChI=1S/C23H24F3N5O2S/c1-14-20(34-13-30-14)18(31-7-5-23(25,26)6-8-31)12-29-22(32)17-9-15(3-4-19(17)33-2)21-27-10-16(24)11-28-21/h3-4,9-11,13,18H,5-8,12H2,1-2H3,(H,29,32). The summed E-state index contributed by atoms with van der Waals surface area (Å²) < 4.78 is 46.0. The highest BCUT2D eigenvalue weighted by Crippen LogP contribution is 2.34. The smallest absolute Gasteiger partial charge is 0.255 e. The predicted molar refractivity (Wildman–Crippen MR) is 122 cm³/mol. The first-order valence-corrected chi connectivity index (χ1v) is 11.6. The molecule has 1 amide bonds. The molecular formula is C23H24F3N5O2S. The molecule has 1 aliphatic rings. The van der Waals surface area contributed by atoms with Gasteiger partial charge in [0.15, 0.2) is 11.6 Å². The van der Waals surface area contributed by atoms with Gasteiger partial charge in [0.1, 0.15) is 5.75 Å². The molecule has 0 aliphatic carbocycles. The maximum absolute atomic E-state index is 13.7. The van der Waals surface area contributed by atoms with Crippen molar-refractivity contribution in [1.82, 2.24) is 25.2 Å². The van der Waals surface area contributed by atoms with Gasteiger partial charge in [0.25, 0.3) is 11.8 Å². The number of likely N-dealkylation sites (tertiary alicyclic amines) is 1. The first-order valence-electron chi connectivity index (χ1n) is 10.7. The molecule has 1 fully saturated rings. The molecule has 0 spiro atoms. The minimum Gasteiger partial charge on any atom is -0.496 e. The zero-order valence-corrected chi connectivity index (χ0v) is 19.5. The van der Waals surface area contributed by atoms with Crippen LogP contribution < -0.4 is 10.1 Å². The molecular weight excluding hydrogens is 467 g/mol. The fourth-order valence-electron chi connectivity index (χ4n) is 3.95. The molecule has 1 unspecified atom stereocenters. The number of aryl methyl sites for hydroxylation is 1. The highest BCUT2D eigenvalue weighted by molar-refractivity contribution is 7.09. The van der Waals surface area contributed by atoms with E-state index in [9.17, 15) is 18.0 Å². The van der Waals surface area contributed by atoms with Crippen LogP contribution in [-0.4, -0.2) is 58.4 Å². The van der Waals surface area contributed by atoms with Crippen LogP contribution >= 0.6 is 11.3 Å². The van der Waals surface area contributed by atoms with Crippen LogP contribution in [0.5, 0.6) is 5.75 Å². The summed E-state index contributed by atoms with van der Waals surface area (Å²) in [5.74, 6) is -2.99. The first kappa shape index (κ1) is 24.1. The fourth-order valence-corrected chi connectivity index (χ4v) is 4.89. The fraction of sp³-hybridized carbons (Fsp3) is 0.391. The Balaban J connectivity index is 1.55. The van der Waals surface area contributed by atoms with Crippen LogP contribution in [0.2, 0.25) is 0 Å². The Kier molecular flexibility index (Phi) is 7.13. The van der Waals surface area contributed by atoms with Crippen LogP contribution in [-0.2, 0) is 0 Å². The minimum absolute atomic E-state index is 0.216. The largest absolute Gasteiger partial charge is 0.496 e. The number of halogens is 3. The van der Waals surface area contributed by atoms with Crippen LogP contribution in [0.25, 0.3) is 11.4 Å². The number of aromatic nitrogens is 3. The maximum atomic E-state index is 13.7. The zero-order chi connectivity index (χ0) is 24.3. The lowest BCUT2D eigenvalue weighted by molar-refractivity contribution is -0.0629. The van der Waals surface area contributed by atoms with Crippen molar-refractivity contribution in [3.05, 3.63) is 58.1 Å². The van der Waals surface area contributed by atoms with Gasteiger partial charge in [-0.15, -0.1) is 11.3 Å². The monoisotopic (exact) mass is 491 g/mol. The Hall–Kier alpha value is -3.05. The van der Waals surface area contributed by atoms with Crippen molar-refractivity contribution in [2.45, 2.75) is 31.7 Å². The van der Waals surface area contributed by atoms with E-state index in [4.69, 9.17) is 4.74 Å². The minimum atomic E-state index is -2.66. The number of alkyl halides is 2. The number of thiazole rings is 1. The summed E-state index contributed by atoms with van der Waals surface area (Å²) in [6.45, 7) is 2.54. The van der Waals surface area contributed by atoms with Gasteiger partial charge < -0.3 is 10.1 Å². The van der Waals surface area contributed by atoms with Gasteiger partial charge in [-0.2, -0.15) is 0 Å². The van der Waals surface area contributed by atoms with E-state index in [0.29, 0.717) is 11.3 Å². The molecule has 4 rings (SSSR count). The van der Waals surface area contributed by atoms with Crippen LogP contribution in [0.4, 0.5) is 13.2 Å². The van der Waals surface area contributed by atoms with Crippen LogP contribution in [0.1, 0.15) is 39.8 Å². The molecule has 7 nitrogen and oxygen atoms in total. The Morgan fingerprint density at radius 1 is 1.24 bits per heavy atom. The number of nitrogens with zero attached hydrogens (tertiary/aromatic N) is 4. The molecule has 0 saturated carbocycles. The van der Waals surface area contributed by atoms with Crippen LogP contribution in [0.15, 0.2) is 36.1 Å². The first-order chi connectivity index (χ1) is 16.3. The van der Waals surface area contributed by atoms with Gasteiger partial charge >= 0.3 is 0 Å². The second-order valence-corrected chi connectivity index (χ2v) is 8.95. The van der Waals surface area contributed by atoms with Crippen LogP contribution in [0, 0.1) is 12.7 Å². The second kappa shape index (κ2) is 10.1. The summed E-state index contributed by atoms with van der Waals surface area (Å²) >= 11 is 1.44. The third-order valence-electron chi connectivity index (χ3n) is 5.83. The summed E-state index contributed by atoms with van der Waals surface area (Å²) in [6.07, 6.45) is 1.67. The van der Waals surface area contributed by atoms with E-state index in [-0.39, 0.29) is 49.9 Å². The molecule has 3 heterocycles. The van der Waals surface area contributed by atoms with Crippen molar-refractivity contribution >= 4 is 17.2 Å². The van der Waals surface area contributed by atoms with E-state index in [0.717, 1.165) is 23.0 Å². The Morgan fingerprint density at radius 3 is 2.56 bits per heavy atom. The molecule has 0 bridgehead atoms. The number of ether oxygens (including phenoxy) is 1. The molecule has 3 aromatic rings. The van der Waals surface area contributed by atoms with Crippen LogP contribution in [0.3, 0.4) is 0 Å². The third kappa shape index (κ3) is 5.36. The number of methoxy groups -OCH3 is 1. The average molecular weight is 492 g/mol. The second-order valence-electron chi connectivity index (χ2n) is 8.06. The van der Waals surface area contributed by atoms with Gasteiger partial charge in [0.05, 0.1) is 42.3 Å². The lowest BCUT2D eigenvalue weighted by atomic mass is 10.0. The number of carbonyl (C=O) groups excluding carboxylic acids is 1. The van der Waals surface area contributed by atoms with E-state index in [1.165, 1.54) is 18.4 Å². The molecule has 1 saturated heterocycles. The quantitative estimate of drug-likeness (QED) is 0.532. The van der Waals surface area contributed by atoms with E-state index in [1.54, 1.807) is 23.7 Å². The topological polar surface area (TPSA) is 80.2 Å². The molecule has 180 valence electrons. The lowest BCUT2D eigenvalue weighted by Crippen LogP contribution is -2.45. The average Bonchev–Trinajstić information content (AvgIpc) is 3.25. The Labute approximate surface area is 199 Å². The van der Waals surface area contributed by atoms with Gasteiger partial charge in [-0.05, 0) is 25.1 Å². The summed E-state index contributed by atoms with van der Waals surface area (Å²) in [5, 5.41) is 2.93. The molecule has 1 aromatic carbocycles. The van der Waals surface area contributed by atoms with Gasteiger partial charge in [-0.1, -0.05) is 0 Å². The number of piperidine rings is 1. The number of nitrogens with one attached hydrogen (secondary N) is 1. The highest BCUT2D eigenvalue weighted by Gasteiger charge is 2.37. The summed E-state index contributed by atoms with van der Waals surface area (Å²) in [4.78, 5) is 28.3. The summed E-state index contributed by atoms with van der Waals surface area (Å²) in [5.41, 5.74) is 3.32. The van der Waals surface area contributed by atoms with Crippen molar-refractivity contribution in [3.63, 3.8) is 0 Å². The molecule has 2 aromatic heterocycles. The Bertz CT molecular complexity index is 1150. The van der Waals surface area contributed by atoms with Crippen molar-refractivity contribution < 1.29 is 22.7 Å². The van der Waals surface area contributed by atoms with Gasteiger partial charge in [0, 0.05) is 42.9 Å². The summed E-state index contributed by atoms with van der Waals surface area (Å²) in [7, 11) is 1.46. The predicted octanol–water partition coefficient (Wildman–Crippen LogP) is 4.26. The van der Waals surface area contributed by atoms with E-state index in [1.807, 2.05) is 11.8 Å². The van der Waals surface area contributed by atoms with E-state index in [2.05, 4.69) is 20.3 Å². The van der Waals surface area contributed by atoms with Gasteiger partial charge in [0.2, 0.25) is 0 Å². The van der Waals surface area contributed by atoms with Gasteiger partial charge in [-0.25, -0.2) is 28.1 Å². The number of hydrogen-bond acceptors (Lipinski definition) is 7. The summed E-state index contributed by atoms with van der Waals surface area (Å²) in [6, 6.07) is 4.60. The normalized spacial score (nSPS) is 16.7. The van der Waals surface area contributed by atoms with Crippen molar-refractivity contribution in [2.75, 3.05) is 26.7 Å². The lowest BCUT2D eigenvalue weighted by Gasteiger charge is -2.37. The molecule has 1 N–H and O–H groups in total. The molecule has 1 aliphatic heterocycles. The number of hydrogen-bond donors (Lipinski definition) is 1. The van der Waals surface area contributed by atoms with E-state index >= 15 is 0 Å². The third-order valence-corrected chi connectivity index (χ3v) is 6.87. The SMILES string of the molecule is COc1ccc(-c2ncc(F)cn2)cc1C(=O)NCC(c1scnc1C)N1CCC(F)(F)CC1. The molecule has 34 heavy (non-hydrogen) atoms. The van der Waals surface area contributed by atoms with E-state index < -0.39 is 17.6 Å². The molecule has 0 radical (unpaired) electrons. The van der Waals surface area contributed by atoms with Crippen molar-refractivity contribution in [1.29, 1.82) is 0 Å². The number of rotatable bonds is 7. The number of amides is 1. The maximum Gasteiger partial charge on any atom is 0.255 e. The molecule has 11 heteroatoms. The number of carbonyl (C=O) groups is 1. The van der Waals surface area contributed by atoms with Crippen molar-refractivity contribution in [2.24, 2.45) is 0 Å². The van der Waals surface area contributed by atoms with Gasteiger partial charge in [-0.3, -0.25) is 9.69 Å². The molecule has 1 atom stereocenters. The Morgan fingerprint density at radius 2 is 1.94 bits per heavy atom. The van der Waals surface area contributed by atoms with Crippen molar-refractivity contribution in [3.8, 4) is 17.1 Å². The highest BCUT2D eigenvalue weighted by atomic mass is 32.1. The number of benzene rings is 1. The zero-order valence-electron chi connectivity index (χ0n) is 18.7.